The Bertz CT molecular complexity index is 778. The molecular weight excluding hydrogens is 309 g/mol. The van der Waals surface area contributed by atoms with Crippen LogP contribution >= 0.6 is 0 Å². The van der Waals surface area contributed by atoms with Gasteiger partial charge in [0.15, 0.2) is 0 Å². The average Bonchev–Trinajstić information content (AvgIpc) is 2.57. The van der Waals surface area contributed by atoms with E-state index in [9.17, 15) is 14.0 Å². The Labute approximate surface area is 139 Å². The molecule has 6 heteroatoms. The minimum Gasteiger partial charge on any atom is -0.322 e. The highest BCUT2D eigenvalue weighted by molar-refractivity contribution is 6.14. The summed E-state index contributed by atoms with van der Waals surface area (Å²) in [5, 5.41) is 5.38. The summed E-state index contributed by atoms with van der Waals surface area (Å²) >= 11 is 0. The fraction of sp³-hybridized carbons (Fsp3) is 0.222. The van der Waals surface area contributed by atoms with Gasteiger partial charge in [0.05, 0.1) is 17.1 Å². The average molecular weight is 327 g/mol. The summed E-state index contributed by atoms with van der Waals surface area (Å²) in [4.78, 5) is 26.6. The fourth-order valence-corrected chi connectivity index (χ4v) is 2.81. The smallest absolute Gasteiger partial charge is 0.322 e. The van der Waals surface area contributed by atoms with Gasteiger partial charge in [-0.05, 0) is 30.7 Å². The van der Waals surface area contributed by atoms with Gasteiger partial charge in [-0.2, -0.15) is 0 Å². The van der Waals surface area contributed by atoms with Crippen LogP contribution in [0, 0.1) is 5.82 Å². The molecule has 1 heterocycles. The van der Waals surface area contributed by atoms with Gasteiger partial charge >= 0.3 is 6.03 Å². The summed E-state index contributed by atoms with van der Waals surface area (Å²) in [5.41, 5.74) is 1.25. The van der Waals surface area contributed by atoms with Gasteiger partial charge in [0.2, 0.25) is 5.91 Å². The molecule has 2 aromatic rings. The van der Waals surface area contributed by atoms with E-state index >= 15 is 0 Å². The van der Waals surface area contributed by atoms with E-state index in [0.29, 0.717) is 17.8 Å². The molecule has 0 unspecified atom stereocenters. The number of amides is 3. The maximum atomic E-state index is 13.8. The van der Waals surface area contributed by atoms with Gasteiger partial charge in [-0.25, -0.2) is 9.18 Å². The highest BCUT2D eigenvalue weighted by Gasteiger charge is 2.36. The first-order chi connectivity index (χ1) is 11.6. The topological polar surface area (TPSA) is 61.4 Å². The van der Waals surface area contributed by atoms with Gasteiger partial charge in [-0.3, -0.25) is 9.69 Å². The van der Waals surface area contributed by atoms with E-state index in [-0.39, 0.29) is 11.6 Å². The first kappa shape index (κ1) is 16.0. The van der Waals surface area contributed by atoms with Crippen LogP contribution in [0.5, 0.6) is 0 Å². The molecule has 3 amide bonds. The lowest BCUT2D eigenvalue weighted by molar-refractivity contribution is -0.117. The largest absolute Gasteiger partial charge is 0.327 e. The number of carbonyl (C=O) groups is 2. The number of para-hydroxylation sites is 3. The Morgan fingerprint density at radius 3 is 2.67 bits per heavy atom. The number of hydrogen-bond donors (Lipinski definition) is 2. The molecule has 2 aromatic carbocycles. The van der Waals surface area contributed by atoms with Crippen LogP contribution in [0.1, 0.15) is 19.8 Å². The molecule has 0 spiro atoms. The third kappa shape index (κ3) is 2.95. The Balaban J connectivity index is 1.96. The van der Waals surface area contributed by atoms with Crippen molar-refractivity contribution in [2.75, 3.05) is 15.5 Å². The van der Waals surface area contributed by atoms with E-state index in [1.807, 2.05) is 6.92 Å². The quantitative estimate of drug-likeness (QED) is 0.895. The van der Waals surface area contributed by atoms with Crippen molar-refractivity contribution in [3.05, 3.63) is 54.3 Å². The summed E-state index contributed by atoms with van der Waals surface area (Å²) in [6.07, 6.45) is 1.26. The number of hydrogen-bond acceptors (Lipinski definition) is 2. The zero-order valence-electron chi connectivity index (χ0n) is 13.3. The van der Waals surface area contributed by atoms with Crippen LogP contribution in [0.2, 0.25) is 0 Å². The summed E-state index contributed by atoms with van der Waals surface area (Å²) in [5.74, 6) is -0.758. The summed E-state index contributed by atoms with van der Waals surface area (Å²) < 4.78 is 13.8. The number of fused-ring (bicyclic) bond motifs is 1. The lowest BCUT2D eigenvalue weighted by Gasteiger charge is -2.36. The SMILES string of the molecule is CCC[C@H]1C(=O)Nc2ccccc2N1C(=O)Nc1ccccc1F. The van der Waals surface area contributed by atoms with Crippen LogP contribution in [-0.2, 0) is 4.79 Å². The van der Waals surface area contributed by atoms with Crippen LogP contribution < -0.4 is 15.5 Å². The molecule has 0 fully saturated rings. The number of carbonyl (C=O) groups excluding carboxylic acids is 2. The zero-order valence-corrected chi connectivity index (χ0v) is 13.3. The summed E-state index contributed by atoms with van der Waals surface area (Å²) in [6.45, 7) is 1.95. The van der Waals surface area contributed by atoms with Gasteiger partial charge in [-0.15, -0.1) is 0 Å². The second-order valence-corrected chi connectivity index (χ2v) is 5.59. The first-order valence-electron chi connectivity index (χ1n) is 7.86. The molecule has 0 bridgehead atoms. The Hall–Kier alpha value is -2.89. The minimum absolute atomic E-state index is 0.0845. The van der Waals surface area contributed by atoms with Crippen molar-refractivity contribution in [3.63, 3.8) is 0 Å². The van der Waals surface area contributed by atoms with Crippen LogP contribution in [0.3, 0.4) is 0 Å². The lowest BCUT2D eigenvalue weighted by Crippen LogP contribution is -2.52. The van der Waals surface area contributed by atoms with Crippen molar-refractivity contribution in [1.29, 1.82) is 0 Å². The van der Waals surface area contributed by atoms with E-state index in [1.54, 1.807) is 36.4 Å². The molecule has 0 aromatic heterocycles. The molecular formula is C18H18FN3O2. The first-order valence-corrected chi connectivity index (χ1v) is 7.86. The van der Waals surface area contributed by atoms with Gasteiger partial charge < -0.3 is 10.6 Å². The van der Waals surface area contributed by atoms with Crippen molar-refractivity contribution in [1.82, 2.24) is 0 Å². The molecule has 2 N–H and O–H groups in total. The number of benzene rings is 2. The molecule has 0 saturated heterocycles. The summed E-state index contributed by atoms with van der Waals surface area (Å²) in [6, 6.07) is 11.9. The van der Waals surface area contributed by atoms with E-state index in [2.05, 4.69) is 10.6 Å². The molecule has 1 aliphatic rings. The monoisotopic (exact) mass is 327 g/mol. The van der Waals surface area contributed by atoms with Crippen molar-refractivity contribution in [2.24, 2.45) is 0 Å². The Morgan fingerprint density at radius 2 is 1.92 bits per heavy atom. The van der Waals surface area contributed by atoms with Gasteiger partial charge in [0.25, 0.3) is 0 Å². The van der Waals surface area contributed by atoms with Crippen molar-refractivity contribution in [3.8, 4) is 0 Å². The third-order valence-corrected chi connectivity index (χ3v) is 3.93. The predicted octanol–water partition coefficient (Wildman–Crippen LogP) is 3.99. The van der Waals surface area contributed by atoms with E-state index in [0.717, 1.165) is 6.42 Å². The maximum absolute atomic E-state index is 13.8. The van der Waals surface area contributed by atoms with Gasteiger partial charge in [-0.1, -0.05) is 37.6 Å². The van der Waals surface area contributed by atoms with Crippen LogP contribution in [0.25, 0.3) is 0 Å². The van der Waals surface area contributed by atoms with Gasteiger partial charge in [0, 0.05) is 0 Å². The molecule has 24 heavy (non-hydrogen) atoms. The lowest BCUT2D eigenvalue weighted by atomic mass is 10.0. The maximum Gasteiger partial charge on any atom is 0.327 e. The van der Waals surface area contributed by atoms with Crippen LogP contribution in [0.4, 0.5) is 26.2 Å². The van der Waals surface area contributed by atoms with Crippen molar-refractivity contribution >= 4 is 29.0 Å². The van der Waals surface area contributed by atoms with Crippen LogP contribution in [-0.4, -0.2) is 18.0 Å². The molecule has 124 valence electrons. The second kappa shape index (κ2) is 6.70. The van der Waals surface area contributed by atoms with E-state index < -0.39 is 17.9 Å². The van der Waals surface area contributed by atoms with Crippen molar-refractivity contribution in [2.45, 2.75) is 25.8 Å². The van der Waals surface area contributed by atoms with Gasteiger partial charge in [0.1, 0.15) is 11.9 Å². The van der Waals surface area contributed by atoms with Crippen molar-refractivity contribution < 1.29 is 14.0 Å². The Kier molecular flexibility index (Phi) is 4.46. The standard InChI is InChI=1S/C18H18FN3O2/c1-2-7-16-17(23)20-14-10-5-6-11-15(14)22(16)18(24)21-13-9-4-3-8-12(13)19/h3-6,8-11,16H,2,7H2,1H3,(H,20,23)(H,21,24)/t16-/m0/s1. The molecule has 0 aliphatic carbocycles. The number of nitrogens with zero attached hydrogens (tertiary/aromatic N) is 1. The Morgan fingerprint density at radius 1 is 1.21 bits per heavy atom. The highest BCUT2D eigenvalue weighted by Crippen LogP contribution is 2.33. The number of rotatable bonds is 3. The second-order valence-electron chi connectivity index (χ2n) is 5.59. The van der Waals surface area contributed by atoms with E-state index in [4.69, 9.17) is 0 Å². The molecule has 0 radical (unpaired) electrons. The molecule has 0 saturated carbocycles. The molecule has 3 rings (SSSR count). The highest BCUT2D eigenvalue weighted by atomic mass is 19.1. The van der Waals surface area contributed by atoms with Crippen LogP contribution in [0.15, 0.2) is 48.5 Å². The van der Waals surface area contributed by atoms with E-state index in [1.165, 1.54) is 17.0 Å². The number of halogens is 1. The number of anilines is 3. The number of urea groups is 1. The summed E-state index contributed by atoms with van der Waals surface area (Å²) in [7, 11) is 0. The number of nitrogens with one attached hydrogen (secondary N) is 2. The zero-order chi connectivity index (χ0) is 17.1. The molecule has 1 aliphatic heterocycles. The molecule has 5 nitrogen and oxygen atoms in total. The minimum atomic E-state index is -0.628. The fourth-order valence-electron chi connectivity index (χ4n) is 2.81. The predicted molar refractivity (Wildman–Crippen MR) is 91.7 cm³/mol. The normalized spacial score (nSPS) is 16.3. The molecule has 1 atom stereocenters. The third-order valence-electron chi connectivity index (χ3n) is 3.93.